The molecule has 0 aromatic rings. The van der Waals surface area contributed by atoms with Crippen LogP contribution in [0.25, 0.3) is 0 Å². The first-order valence-electron chi connectivity index (χ1n) is 7.82. The van der Waals surface area contributed by atoms with Crippen molar-refractivity contribution in [2.75, 3.05) is 33.2 Å². The van der Waals surface area contributed by atoms with Gasteiger partial charge < -0.3 is 10.6 Å². The molecule has 0 aliphatic heterocycles. The monoisotopic (exact) mass is 285 g/mol. The van der Waals surface area contributed by atoms with Crippen LogP contribution < -0.4 is 10.6 Å². The molecule has 0 aliphatic rings. The standard InChI is InChI=1S/C15H31N3O2/c1-4-6-8-10-16-14(19)12-18(3)13-15(20)17-11-9-7-5-2/h4-13H2,1-3H3,(H,16,19)(H,17,20). The predicted molar refractivity (Wildman–Crippen MR) is 82.6 cm³/mol. The molecule has 0 fully saturated rings. The van der Waals surface area contributed by atoms with E-state index in [1.807, 2.05) is 0 Å². The van der Waals surface area contributed by atoms with Gasteiger partial charge in [0.25, 0.3) is 0 Å². The number of rotatable bonds is 12. The second kappa shape index (κ2) is 12.9. The number of amides is 2. The number of likely N-dealkylation sites (N-methyl/N-ethyl adjacent to an activating group) is 1. The van der Waals surface area contributed by atoms with E-state index in [2.05, 4.69) is 24.5 Å². The first-order valence-corrected chi connectivity index (χ1v) is 7.82. The Morgan fingerprint density at radius 1 is 0.800 bits per heavy atom. The van der Waals surface area contributed by atoms with Crippen molar-refractivity contribution in [3.8, 4) is 0 Å². The van der Waals surface area contributed by atoms with Crippen LogP contribution in [0.5, 0.6) is 0 Å². The Hall–Kier alpha value is -1.10. The molecule has 0 bridgehead atoms. The van der Waals surface area contributed by atoms with Crippen LogP contribution in [0.15, 0.2) is 0 Å². The lowest BCUT2D eigenvalue weighted by molar-refractivity contribution is -0.124. The maximum absolute atomic E-state index is 11.6. The van der Waals surface area contributed by atoms with Crippen molar-refractivity contribution in [2.45, 2.75) is 52.4 Å². The topological polar surface area (TPSA) is 61.4 Å². The summed E-state index contributed by atoms with van der Waals surface area (Å²) in [4.78, 5) is 25.0. The maximum atomic E-state index is 11.6. The van der Waals surface area contributed by atoms with E-state index in [1.165, 1.54) is 0 Å². The molecule has 0 spiro atoms. The third-order valence-electron chi connectivity index (χ3n) is 3.03. The summed E-state index contributed by atoms with van der Waals surface area (Å²) in [6.07, 6.45) is 6.60. The third-order valence-corrected chi connectivity index (χ3v) is 3.03. The van der Waals surface area contributed by atoms with Crippen LogP contribution in [0.1, 0.15) is 52.4 Å². The lowest BCUT2D eigenvalue weighted by atomic mass is 10.2. The minimum atomic E-state index is -0.0117. The van der Waals surface area contributed by atoms with E-state index in [0.29, 0.717) is 0 Å². The van der Waals surface area contributed by atoms with E-state index in [1.54, 1.807) is 11.9 Å². The van der Waals surface area contributed by atoms with Gasteiger partial charge in [-0.2, -0.15) is 0 Å². The fourth-order valence-electron chi connectivity index (χ4n) is 1.86. The number of carbonyl (C=O) groups is 2. The largest absolute Gasteiger partial charge is 0.355 e. The average molecular weight is 285 g/mol. The quantitative estimate of drug-likeness (QED) is 0.535. The van der Waals surface area contributed by atoms with E-state index in [0.717, 1.165) is 51.6 Å². The maximum Gasteiger partial charge on any atom is 0.234 e. The number of hydrogen-bond donors (Lipinski definition) is 2. The molecule has 0 saturated heterocycles. The molecular weight excluding hydrogens is 254 g/mol. The summed E-state index contributed by atoms with van der Waals surface area (Å²) in [6.45, 7) is 6.26. The molecule has 0 aromatic heterocycles. The fraction of sp³-hybridized carbons (Fsp3) is 0.867. The summed E-state index contributed by atoms with van der Waals surface area (Å²) in [5, 5.41) is 5.74. The Balaban J connectivity index is 3.61. The number of carbonyl (C=O) groups excluding carboxylic acids is 2. The summed E-state index contributed by atoms with van der Waals surface area (Å²) >= 11 is 0. The van der Waals surface area contributed by atoms with Gasteiger partial charge in [-0.1, -0.05) is 39.5 Å². The van der Waals surface area contributed by atoms with E-state index in [4.69, 9.17) is 0 Å². The van der Waals surface area contributed by atoms with Crippen LogP contribution in [0.4, 0.5) is 0 Å². The zero-order valence-corrected chi connectivity index (χ0v) is 13.3. The van der Waals surface area contributed by atoms with Gasteiger partial charge in [0.2, 0.25) is 11.8 Å². The smallest absolute Gasteiger partial charge is 0.234 e. The molecule has 5 heteroatoms. The number of nitrogens with zero attached hydrogens (tertiary/aromatic N) is 1. The zero-order valence-electron chi connectivity index (χ0n) is 13.3. The highest BCUT2D eigenvalue weighted by molar-refractivity contribution is 5.81. The molecule has 0 unspecified atom stereocenters. The second-order valence-corrected chi connectivity index (χ2v) is 5.29. The molecule has 0 saturated carbocycles. The molecule has 2 N–H and O–H groups in total. The van der Waals surface area contributed by atoms with E-state index in [9.17, 15) is 9.59 Å². The Labute approximate surface area is 123 Å². The van der Waals surface area contributed by atoms with Crippen molar-refractivity contribution in [2.24, 2.45) is 0 Å². The molecule has 0 aliphatic carbocycles. The molecule has 0 rings (SSSR count). The number of hydrogen-bond acceptors (Lipinski definition) is 3. The molecule has 0 heterocycles. The highest BCUT2D eigenvalue weighted by Gasteiger charge is 2.09. The molecule has 20 heavy (non-hydrogen) atoms. The van der Waals surface area contributed by atoms with Crippen LogP contribution in [0.2, 0.25) is 0 Å². The molecule has 0 aromatic carbocycles. The van der Waals surface area contributed by atoms with E-state index < -0.39 is 0 Å². The first kappa shape index (κ1) is 18.9. The summed E-state index contributed by atoms with van der Waals surface area (Å²) in [6, 6.07) is 0. The van der Waals surface area contributed by atoms with Gasteiger partial charge in [0, 0.05) is 13.1 Å². The summed E-state index contributed by atoms with van der Waals surface area (Å²) in [5.41, 5.74) is 0. The Morgan fingerprint density at radius 2 is 1.20 bits per heavy atom. The van der Waals surface area contributed by atoms with Crippen LogP contribution in [0, 0.1) is 0 Å². The third kappa shape index (κ3) is 12.0. The molecule has 0 atom stereocenters. The van der Waals surface area contributed by atoms with Gasteiger partial charge in [0.15, 0.2) is 0 Å². The molecule has 0 radical (unpaired) electrons. The summed E-state index contributed by atoms with van der Waals surface area (Å²) in [5.74, 6) is -0.0234. The van der Waals surface area contributed by atoms with Gasteiger partial charge >= 0.3 is 0 Å². The molecule has 118 valence electrons. The fourth-order valence-corrected chi connectivity index (χ4v) is 1.86. The predicted octanol–water partition coefficient (Wildman–Crippen LogP) is 1.53. The summed E-state index contributed by atoms with van der Waals surface area (Å²) in [7, 11) is 1.79. The second-order valence-electron chi connectivity index (χ2n) is 5.29. The molecule has 2 amide bonds. The van der Waals surface area contributed by atoms with Gasteiger partial charge in [-0.25, -0.2) is 0 Å². The average Bonchev–Trinajstić information content (AvgIpc) is 2.39. The zero-order chi connectivity index (χ0) is 15.2. The SMILES string of the molecule is CCCCCNC(=O)CN(C)CC(=O)NCCCCC. The van der Waals surface area contributed by atoms with Crippen molar-refractivity contribution >= 4 is 11.8 Å². The van der Waals surface area contributed by atoms with Crippen molar-refractivity contribution in [1.82, 2.24) is 15.5 Å². The Kier molecular flexibility index (Phi) is 12.2. The van der Waals surface area contributed by atoms with Crippen LogP contribution in [0.3, 0.4) is 0 Å². The van der Waals surface area contributed by atoms with Gasteiger partial charge in [0.05, 0.1) is 13.1 Å². The van der Waals surface area contributed by atoms with Crippen molar-refractivity contribution in [3.05, 3.63) is 0 Å². The van der Waals surface area contributed by atoms with Crippen LogP contribution in [-0.2, 0) is 9.59 Å². The minimum Gasteiger partial charge on any atom is -0.355 e. The van der Waals surface area contributed by atoms with Crippen molar-refractivity contribution in [3.63, 3.8) is 0 Å². The summed E-state index contributed by atoms with van der Waals surface area (Å²) < 4.78 is 0. The molecular formula is C15H31N3O2. The van der Waals surface area contributed by atoms with Gasteiger partial charge in [-0.05, 0) is 19.9 Å². The Morgan fingerprint density at radius 3 is 1.55 bits per heavy atom. The van der Waals surface area contributed by atoms with Crippen molar-refractivity contribution < 1.29 is 9.59 Å². The number of nitrogens with one attached hydrogen (secondary N) is 2. The molecule has 5 nitrogen and oxygen atoms in total. The highest BCUT2D eigenvalue weighted by atomic mass is 16.2. The normalized spacial score (nSPS) is 10.6. The number of unbranched alkanes of at least 4 members (excludes halogenated alkanes) is 4. The lowest BCUT2D eigenvalue weighted by Gasteiger charge is -2.16. The lowest BCUT2D eigenvalue weighted by Crippen LogP contribution is -2.41. The van der Waals surface area contributed by atoms with Crippen LogP contribution >= 0.6 is 0 Å². The minimum absolute atomic E-state index is 0.0117. The van der Waals surface area contributed by atoms with Gasteiger partial charge in [0.1, 0.15) is 0 Å². The first-order chi connectivity index (χ1) is 9.60. The van der Waals surface area contributed by atoms with E-state index >= 15 is 0 Å². The van der Waals surface area contributed by atoms with E-state index in [-0.39, 0.29) is 24.9 Å². The Bertz CT molecular complexity index is 244. The van der Waals surface area contributed by atoms with Crippen molar-refractivity contribution in [1.29, 1.82) is 0 Å². The highest BCUT2D eigenvalue weighted by Crippen LogP contribution is 1.92. The van der Waals surface area contributed by atoms with Gasteiger partial charge in [-0.3, -0.25) is 14.5 Å². The van der Waals surface area contributed by atoms with Gasteiger partial charge in [-0.15, -0.1) is 0 Å². The van der Waals surface area contributed by atoms with Crippen LogP contribution in [-0.4, -0.2) is 49.9 Å².